The lowest BCUT2D eigenvalue weighted by molar-refractivity contribution is 0.197. The van der Waals surface area contributed by atoms with Gasteiger partial charge >= 0.3 is 0 Å². The van der Waals surface area contributed by atoms with E-state index in [4.69, 9.17) is 16.1 Å². The van der Waals surface area contributed by atoms with Crippen molar-refractivity contribution in [2.24, 2.45) is 0 Å². The molecule has 0 aliphatic carbocycles. The minimum absolute atomic E-state index is 0.0910. The lowest BCUT2D eigenvalue weighted by atomic mass is 10.1. The molecule has 7 nitrogen and oxygen atoms in total. The molecule has 0 bridgehead atoms. The van der Waals surface area contributed by atoms with Crippen molar-refractivity contribution in [1.82, 2.24) is 19.9 Å². The van der Waals surface area contributed by atoms with Gasteiger partial charge in [-0.15, -0.1) is 0 Å². The molecule has 0 fully saturated rings. The first-order valence-corrected chi connectivity index (χ1v) is 8.62. The van der Waals surface area contributed by atoms with Crippen molar-refractivity contribution in [2.45, 2.75) is 39.3 Å². The third-order valence-corrected chi connectivity index (χ3v) is 4.37. The first-order chi connectivity index (χ1) is 12.4. The summed E-state index contributed by atoms with van der Waals surface area (Å²) in [6.07, 6.45) is 2.12. The van der Waals surface area contributed by atoms with Crippen molar-refractivity contribution < 1.29 is 9.63 Å². The molecule has 0 aliphatic heterocycles. The standard InChI is InChI=1S/C18H19ClN4O3/c1-11-15(12(2)24)9-20-23(18(11)25)10-17-21-16(22-26-17)8-5-13-3-6-14(19)7-4-13/h3-4,6-7,9,12,24H,5,8,10H2,1-2H3. The summed E-state index contributed by atoms with van der Waals surface area (Å²) >= 11 is 5.87. The molecule has 3 rings (SSSR count). The fourth-order valence-corrected chi connectivity index (χ4v) is 2.75. The Balaban J connectivity index is 1.68. The molecule has 0 aliphatic rings. The number of aryl methyl sites for hydroxylation is 2. The van der Waals surface area contributed by atoms with Gasteiger partial charge in [0, 0.05) is 22.6 Å². The average Bonchev–Trinajstić information content (AvgIpc) is 3.06. The van der Waals surface area contributed by atoms with E-state index in [-0.39, 0.29) is 12.1 Å². The zero-order chi connectivity index (χ0) is 18.7. The van der Waals surface area contributed by atoms with Crippen LogP contribution in [0.1, 0.15) is 41.4 Å². The zero-order valence-corrected chi connectivity index (χ0v) is 15.3. The maximum Gasteiger partial charge on any atom is 0.270 e. The Morgan fingerprint density at radius 3 is 2.69 bits per heavy atom. The number of hydrogen-bond acceptors (Lipinski definition) is 6. The van der Waals surface area contributed by atoms with E-state index in [1.54, 1.807) is 13.8 Å². The fraction of sp³-hybridized carbons (Fsp3) is 0.333. The van der Waals surface area contributed by atoms with Crippen LogP contribution in [0.3, 0.4) is 0 Å². The van der Waals surface area contributed by atoms with Crippen LogP contribution in [-0.4, -0.2) is 25.0 Å². The van der Waals surface area contributed by atoms with Gasteiger partial charge in [-0.3, -0.25) is 4.79 Å². The highest BCUT2D eigenvalue weighted by molar-refractivity contribution is 6.30. The molecule has 26 heavy (non-hydrogen) atoms. The van der Waals surface area contributed by atoms with Crippen molar-refractivity contribution in [3.05, 3.63) is 74.2 Å². The molecule has 0 radical (unpaired) electrons. The minimum atomic E-state index is -0.743. The second-order valence-corrected chi connectivity index (χ2v) is 6.53. The molecule has 1 unspecified atom stereocenters. The van der Waals surface area contributed by atoms with Gasteiger partial charge in [0.1, 0.15) is 6.54 Å². The van der Waals surface area contributed by atoms with Crippen LogP contribution in [0.5, 0.6) is 0 Å². The number of halogens is 1. The number of aromatic nitrogens is 4. The second-order valence-electron chi connectivity index (χ2n) is 6.09. The Bertz CT molecular complexity index is 948. The number of rotatable bonds is 6. The van der Waals surface area contributed by atoms with Crippen LogP contribution in [0.15, 0.2) is 39.8 Å². The molecule has 1 atom stereocenters. The molecule has 1 aromatic carbocycles. The highest BCUT2D eigenvalue weighted by Gasteiger charge is 2.14. The van der Waals surface area contributed by atoms with Gasteiger partial charge in [0.25, 0.3) is 5.56 Å². The van der Waals surface area contributed by atoms with Crippen LogP contribution in [0.4, 0.5) is 0 Å². The van der Waals surface area contributed by atoms with Crippen molar-refractivity contribution in [3.8, 4) is 0 Å². The molecule has 1 N–H and O–H groups in total. The van der Waals surface area contributed by atoms with Crippen molar-refractivity contribution in [1.29, 1.82) is 0 Å². The molecular formula is C18H19ClN4O3. The lowest BCUT2D eigenvalue weighted by Gasteiger charge is -2.09. The van der Waals surface area contributed by atoms with Crippen LogP contribution in [0.2, 0.25) is 5.02 Å². The predicted molar refractivity (Wildman–Crippen MR) is 96.1 cm³/mol. The summed E-state index contributed by atoms with van der Waals surface area (Å²) in [4.78, 5) is 16.6. The summed E-state index contributed by atoms with van der Waals surface area (Å²) in [5.74, 6) is 0.884. The molecule has 8 heteroatoms. The SMILES string of the molecule is Cc1c(C(C)O)cnn(Cc2nc(CCc3ccc(Cl)cc3)no2)c1=O. The third kappa shape index (κ3) is 4.17. The van der Waals surface area contributed by atoms with Crippen molar-refractivity contribution in [2.75, 3.05) is 0 Å². The Morgan fingerprint density at radius 1 is 1.27 bits per heavy atom. The lowest BCUT2D eigenvalue weighted by Crippen LogP contribution is -2.27. The number of nitrogens with zero attached hydrogens (tertiary/aromatic N) is 4. The van der Waals surface area contributed by atoms with E-state index in [1.165, 1.54) is 10.9 Å². The molecule has 2 heterocycles. The monoisotopic (exact) mass is 374 g/mol. The summed E-state index contributed by atoms with van der Waals surface area (Å²) in [6.45, 7) is 3.35. The molecule has 0 amide bonds. The van der Waals surface area contributed by atoms with Crippen LogP contribution in [0.25, 0.3) is 0 Å². The summed E-state index contributed by atoms with van der Waals surface area (Å²) in [6, 6.07) is 7.60. The molecule has 0 saturated carbocycles. The highest BCUT2D eigenvalue weighted by Crippen LogP contribution is 2.13. The predicted octanol–water partition coefficient (Wildman–Crippen LogP) is 2.47. The molecule has 0 spiro atoms. The molecule has 2 aromatic heterocycles. The summed E-state index contributed by atoms with van der Waals surface area (Å²) < 4.78 is 6.47. The van der Waals surface area contributed by atoms with E-state index in [2.05, 4.69) is 15.2 Å². The maximum absolute atomic E-state index is 12.3. The molecular weight excluding hydrogens is 356 g/mol. The topological polar surface area (TPSA) is 94.0 Å². The summed E-state index contributed by atoms with van der Waals surface area (Å²) in [5.41, 5.74) is 1.81. The second kappa shape index (κ2) is 7.80. The van der Waals surface area contributed by atoms with E-state index in [0.29, 0.717) is 34.3 Å². The van der Waals surface area contributed by atoms with Gasteiger partial charge in [-0.1, -0.05) is 28.9 Å². The Morgan fingerprint density at radius 2 is 2.00 bits per heavy atom. The third-order valence-electron chi connectivity index (χ3n) is 4.12. The number of benzene rings is 1. The van der Waals surface area contributed by atoms with Gasteiger partial charge in [0.15, 0.2) is 5.82 Å². The maximum atomic E-state index is 12.3. The number of aliphatic hydroxyl groups is 1. The van der Waals surface area contributed by atoms with Crippen LogP contribution in [-0.2, 0) is 19.4 Å². The van der Waals surface area contributed by atoms with Gasteiger partial charge < -0.3 is 9.63 Å². The normalized spacial score (nSPS) is 12.3. The Labute approximate surface area is 155 Å². The summed E-state index contributed by atoms with van der Waals surface area (Å²) in [5, 5.41) is 18.4. The number of aliphatic hydroxyl groups excluding tert-OH is 1. The van der Waals surface area contributed by atoms with Gasteiger partial charge in [0.05, 0.1) is 12.3 Å². The van der Waals surface area contributed by atoms with Crippen molar-refractivity contribution >= 4 is 11.6 Å². The van der Waals surface area contributed by atoms with Gasteiger partial charge in [-0.2, -0.15) is 10.1 Å². The summed E-state index contributed by atoms with van der Waals surface area (Å²) in [7, 11) is 0. The van der Waals surface area contributed by atoms with Crippen LogP contribution < -0.4 is 5.56 Å². The smallest absolute Gasteiger partial charge is 0.270 e. The first kappa shape index (κ1) is 18.3. The molecule has 3 aromatic rings. The number of hydrogen-bond donors (Lipinski definition) is 1. The van der Waals surface area contributed by atoms with Gasteiger partial charge in [0.2, 0.25) is 5.89 Å². The van der Waals surface area contributed by atoms with E-state index in [0.717, 1.165) is 12.0 Å². The Kier molecular flexibility index (Phi) is 5.49. The van der Waals surface area contributed by atoms with Crippen LogP contribution >= 0.6 is 11.6 Å². The van der Waals surface area contributed by atoms with Crippen molar-refractivity contribution in [3.63, 3.8) is 0 Å². The minimum Gasteiger partial charge on any atom is -0.389 e. The Hall–Kier alpha value is -2.51. The highest BCUT2D eigenvalue weighted by atomic mass is 35.5. The van der Waals surface area contributed by atoms with Gasteiger partial charge in [-0.25, -0.2) is 4.68 Å². The largest absolute Gasteiger partial charge is 0.389 e. The fourth-order valence-electron chi connectivity index (χ4n) is 2.62. The average molecular weight is 375 g/mol. The van der Waals surface area contributed by atoms with Gasteiger partial charge in [-0.05, 0) is 38.0 Å². The first-order valence-electron chi connectivity index (χ1n) is 8.24. The quantitative estimate of drug-likeness (QED) is 0.712. The molecule has 0 saturated heterocycles. The molecule has 136 valence electrons. The van der Waals surface area contributed by atoms with E-state index in [1.807, 2.05) is 24.3 Å². The van der Waals surface area contributed by atoms with Crippen LogP contribution in [0, 0.1) is 6.92 Å². The zero-order valence-electron chi connectivity index (χ0n) is 14.5. The van der Waals surface area contributed by atoms with E-state index < -0.39 is 6.10 Å². The van der Waals surface area contributed by atoms with E-state index in [9.17, 15) is 9.90 Å². The van der Waals surface area contributed by atoms with E-state index >= 15 is 0 Å².